The van der Waals surface area contributed by atoms with Crippen molar-refractivity contribution in [3.8, 4) is 0 Å². The minimum absolute atomic E-state index is 0.189. The molecule has 212 valence electrons. The summed E-state index contributed by atoms with van der Waals surface area (Å²) in [4.78, 5) is 42.0. The van der Waals surface area contributed by atoms with Crippen molar-refractivity contribution >= 4 is 28.7 Å². The lowest BCUT2D eigenvalue weighted by Gasteiger charge is -2.41. The van der Waals surface area contributed by atoms with Crippen molar-refractivity contribution < 1.29 is 19.5 Å². The first-order valence-corrected chi connectivity index (χ1v) is 12.9. The van der Waals surface area contributed by atoms with Crippen LogP contribution in [-0.4, -0.2) is 57.1 Å². The van der Waals surface area contributed by atoms with Crippen LogP contribution in [0.1, 0.15) is 67.4 Å². The van der Waals surface area contributed by atoms with E-state index in [1.807, 2.05) is 30.5 Å². The maximum absolute atomic E-state index is 13.7. The summed E-state index contributed by atoms with van der Waals surface area (Å²) in [6.07, 6.45) is 2.24. The molecule has 0 aliphatic rings. The zero-order chi connectivity index (χ0) is 29.3. The van der Waals surface area contributed by atoms with Gasteiger partial charge >= 0.3 is 5.97 Å². The van der Waals surface area contributed by atoms with Crippen LogP contribution in [0.25, 0.3) is 10.9 Å². The molecule has 1 aromatic heterocycles. The van der Waals surface area contributed by atoms with Gasteiger partial charge in [0.05, 0.1) is 6.04 Å². The van der Waals surface area contributed by atoms with Crippen molar-refractivity contribution in [2.75, 3.05) is 0 Å². The molecule has 2 aromatic rings. The van der Waals surface area contributed by atoms with Gasteiger partial charge in [-0.3, -0.25) is 14.4 Å². The van der Waals surface area contributed by atoms with Crippen LogP contribution < -0.4 is 27.8 Å². The number of hydrogen-bond donors (Lipinski definition) is 7. The number of nitrogens with one attached hydrogen (secondary N) is 3. The predicted molar refractivity (Wildman–Crippen MR) is 150 cm³/mol. The van der Waals surface area contributed by atoms with Crippen LogP contribution in [0.4, 0.5) is 0 Å². The number of hydrogen-bond acceptors (Lipinski definition) is 6. The number of carboxylic acid groups (broad SMARTS) is 1. The third-order valence-corrected chi connectivity index (χ3v) is 7.12. The Kier molecular flexibility index (Phi) is 9.08. The Labute approximate surface area is 225 Å². The summed E-state index contributed by atoms with van der Waals surface area (Å²) in [6, 6.07) is 5.03. The molecule has 1 heterocycles. The molecule has 0 saturated carbocycles. The number of para-hydroxylation sites is 1. The Balaban J connectivity index is 2.40. The van der Waals surface area contributed by atoms with E-state index in [4.69, 9.17) is 17.2 Å². The van der Waals surface area contributed by atoms with Gasteiger partial charge in [0.1, 0.15) is 12.1 Å². The molecule has 10 N–H and O–H groups in total. The smallest absolute Gasteiger partial charge is 0.321 e. The molecule has 0 aliphatic heterocycles. The van der Waals surface area contributed by atoms with E-state index in [0.29, 0.717) is 0 Å². The van der Waals surface area contributed by atoms with E-state index in [9.17, 15) is 19.5 Å². The first kappa shape index (κ1) is 31.3. The van der Waals surface area contributed by atoms with Crippen molar-refractivity contribution in [3.63, 3.8) is 0 Å². The summed E-state index contributed by atoms with van der Waals surface area (Å²) in [5.74, 6) is -1.94. The van der Waals surface area contributed by atoms with E-state index >= 15 is 0 Å². The highest BCUT2D eigenvalue weighted by Crippen LogP contribution is 2.36. The average Bonchev–Trinajstić information content (AvgIpc) is 3.16. The highest BCUT2D eigenvalue weighted by Gasteiger charge is 2.43. The summed E-state index contributed by atoms with van der Waals surface area (Å²) < 4.78 is 0. The van der Waals surface area contributed by atoms with Gasteiger partial charge in [-0.05, 0) is 51.2 Å². The first-order valence-electron chi connectivity index (χ1n) is 12.9. The molecule has 2 rings (SSSR count). The second kappa shape index (κ2) is 11.0. The number of benzene rings is 1. The highest BCUT2D eigenvalue weighted by molar-refractivity contribution is 5.91. The Morgan fingerprint density at radius 2 is 1.50 bits per heavy atom. The Morgan fingerprint density at radius 3 is 2.03 bits per heavy atom. The van der Waals surface area contributed by atoms with Crippen LogP contribution in [0.2, 0.25) is 0 Å². The van der Waals surface area contributed by atoms with Gasteiger partial charge in [0.25, 0.3) is 0 Å². The van der Waals surface area contributed by atoms with E-state index in [1.54, 1.807) is 55.4 Å². The van der Waals surface area contributed by atoms with E-state index in [-0.39, 0.29) is 12.8 Å². The number of H-pyrrole nitrogens is 1. The van der Waals surface area contributed by atoms with Gasteiger partial charge in [0.15, 0.2) is 0 Å². The van der Waals surface area contributed by atoms with Gasteiger partial charge in [0, 0.05) is 40.0 Å². The topological polar surface area (TPSA) is 189 Å². The zero-order valence-corrected chi connectivity index (χ0v) is 23.9. The lowest BCUT2D eigenvalue weighted by Crippen LogP contribution is -2.69. The van der Waals surface area contributed by atoms with Gasteiger partial charge in [-0.15, -0.1) is 0 Å². The number of nitrogens with two attached hydrogens (primary N) is 3. The molecule has 0 fully saturated rings. The number of amides is 2. The maximum atomic E-state index is 13.7. The number of rotatable bonds is 12. The van der Waals surface area contributed by atoms with Gasteiger partial charge in [0.2, 0.25) is 11.8 Å². The maximum Gasteiger partial charge on any atom is 0.321 e. The minimum atomic E-state index is -1.15. The van der Waals surface area contributed by atoms with Crippen LogP contribution >= 0.6 is 0 Å². The van der Waals surface area contributed by atoms with Crippen LogP contribution in [0.15, 0.2) is 30.5 Å². The largest absolute Gasteiger partial charge is 0.480 e. The molecule has 2 unspecified atom stereocenters. The van der Waals surface area contributed by atoms with Crippen LogP contribution in [0.3, 0.4) is 0 Å². The second-order valence-electron chi connectivity index (χ2n) is 13.0. The molecular weight excluding hydrogens is 484 g/mol. The summed E-state index contributed by atoms with van der Waals surface area (Å²) in [5.41, 5.74) is 16.9. The SMILES string of the molecule is CC(C)(CC(C)(C)C(N)C(=O)O)C(=O)NC(Cc1c[nH]c2ccccc12)C(=O)NC(C(C)(C)N)C(C)(C)N. The molecule has 10 nitrogen and oxygen atoms in total. The van der Waals surface area contributed by atoms with Crippen LogP contribution in [0.5, 0.6) is 0 Å². The van der Waals surface area contributed by atoms with Gasteiger partial charge in [-0.2, -0.15) is 0 Å². The van der Waals surface area contributed by atoms with E-state index in [2.05, 4.69) is 15.6 Å². The third kappa shape index (κ3) is 7.55. The number of aromatic amines is 1. The van der Waals surface area contributed by atoms with E-state index in [1.165, 1.54) is 0 Å². The standard InChI is InChI=1S/C28H46N6O4/c1-25(2,20(29)22(36)37)15-26(3,4)24(38)33-19(13-16-14-32-18-12-10-9-11-17(16)18)21(35)34-23(27(5,6)30)28(7,8)31/h9-12,14,19-20,23,32H,13,15,29-31H2,1-8H3,(H,33,38)(H,34,35)(H,36,37). The fourth-order valence-corrected chi connectivity index (χ4v) is 5.32. The molecule has 0 saturated heterocycles. The molecule has 0 radical (unpaired) electrons. The molecular formula is C28H46N6O4. The first-order chi connectivity index (χ1) is 17.2. The molecule has 0 aliphatic carbocycles. The minimum Gasteiger partial charge on any atom is -0.480 e. The molecule has 38 heavy (non-hydrogen) atoms. The molecule has 2 atom stereocenters. The summed E-state index contributed by atoms with van der Waals surface area (Å²) >= 11 is 0. The third-order valence-electron chi connectivity index (χ3n) is 7.12. The average molecular weight is 531 g/mol. The fourth-order valence-electron chi connectivity index (χ4n) is 5.32. The molecule has 0 spiro atoms. The Morgan fingerprint density at radius 1 is 0.947 bits per heavy atom. The number of carbonyl (C=O) groups excluding carboxylic acids is 2. The Bertz CT molecular complexity index is 1140. The Hall–Kier alpha value is -2.95. The molecule has 10 heteroatoms. The fraction of sp³-hybridized carbons (Fsp3) is 0.607. The molecule has 2 amide bonds. The van der Waals surface area contributed by atoms with Crippen molar-refractivity contribution in [1.82, 2.24) is 15.6 Å². The predicted octanol–water partition coefficient (Wildman–Crippen LogP) is 2.01. The number of aromatic nitrogens is 1. The second-order valence-corrected chi connectivity index (χ2v) is 13.0. The highest BCUT2D eigenvalue weighted by atomic mass is 16.4. The van der Waals surface area contributed by atoms with Crippen molar-refractivity contribution in [2.45, 2.75) is 97.4 Å². The number of carboxylic acids is 1. The van der Waals surface area contributed by atoms with Gasteiger partial charge in [-0.1, -0.05) is 45.9 Å². The molecule has 0 bridgehead atoms. The van der Waals surface area contributed by atoms with E-state index < -0.39 is 57.8 Å². The number of fused-ring (bicyclic) bond motifs is 1. The summed E-state index contributed by atoms with van der Waals surface area (Å²) in [5, 5.41) is 16.3. The normalized spacial score (nSPS) is 14.8. The number of carbonyl (C=O) groups is 3. The molecule has 1 aromatic carbocycles. The van der Waals surface area contributed by atoms with Crippen LogP contribution in [0, 0.1) is 10.8 Å². The number of aliphatic carboxylic acids is 1. The van der Waals surface area contributed by atoms with Gasteiger partial charge in [-0.25, -0.2) is 0 Å². The monoisotopic (exact) mass is 530 g/mol. The van der Waals surface area contributed by atoms with Crippen LogP contribution in [-0.2, 0) is 20.8 Å². The zero-order valence-electron chi connectivity index (χ0n) is 23.9. The van der Waals surface area contributed by atoms with Crippen molar-refractivity contribution in [2.24, 2.45) is 28.0 Å². The quantitative estimate of drug-likeness (QED) is 0.218. The van der Waals surface area contributed by atoms with E-state index in [0.717, 1.165) is 16.5 Å². The summed E-state index contributed by atoms with van der Waals surface area (Å²) in [7, 11) is 0. The lowest BCUT2D eigenvalue weighted by atomic mass is 9.70. The van der Waals surface area contributed by atoms with Crippen molar-refractivity contribution in [1.29, 1.82) is 0 Å². The summed E-state index contributed by atoms with van der Waals surface area (Å²) in [6.45, 7) is 14.0. The lowest BCUT2D eigenvalue weighted by molar-refractivity contribution is -0.143. The van der Waals surface area contributed by atoms with Crippen molar-refractivity contribution in [3.05, 3.63) is 36.0 Å². The van der Waals surface area contributed by atoms with Gasteiger partial charge < -0.3 is 37.9 Å².